The van der Waals surface area contributed by atoms with Crippen molar-refractivity contribution >= 4 is 11.8 Å². The van der Waals surface area contributed by atoms with Gasteiger partial charge >= 0.3 is 0 Å². The summed E-state index contributed by atoms with van der Waals surface area (Å²) >= 11 is 0. The van der Waals surface area contributed by atoms with Crippen LogP contribution in [0.25, 0.3) is 0 Å². The molecule has 1 aliphatic heterocycles. The average molecular weight is 238 g/mol. The maximum absolute atomic E-state index is 12.2. The van der Waals surface area contributed by atoms with Gasteiger partial charge in [-0.05, 0) is 26.2 Å². The lowest BCUT2D eigenvalue weighted by molar-refractivity contribution is -0.148. The zero-order chi connectivity index (χ0) is 13.2. The summed E-state index contributed by atoms with van der Waals surface area (Å²) in [5.41, 5.74) is 0.892. The number of carbonyl (C=O) groups is 2. The molecule has 96 valence electrons. The predicted molar refractivity (Wildman–Crippen MR) is 67.4 cm³/mol. The van der Waals surface area contributed by atoms with E-state index in [2.05, 4.69) is 11.9 Å². The van der Waals surface area contributed by atoms with Crippen molar-refractivity contribution < 1.29 is 9.59 Å². The lowest BCUT2D eigenvalue weighted by Crippen LogP contribution is -2.62. The van der Waals surface area contributed by atoms with Crippen LogP contribution in [0, 0.1) is 5.92 Å². The van der Waals surface area contributed by atoms with Gasteiger partial charge in [0, 0.05) is 6.54 Å². The molecule has 0 aromatic carbocycles. The smallest absolute Gasteiger partial charge is 0.246 e. The van der Waals surface area contributed by atoms with E-state index in [0.29, 0.717) is 18.9 Å². The van der Waals surface area contributed by atoms with E-state index in [0.717, 1.165) is 5.57 Å². The van der Waals surface area contributed by atoms with Crippen LogP contribution in [0.4, 0.5) is 0 Å². The summed E-state index contributed by atoms with van der Waals surface area (Å²) < 4.78 is 0. The van der Waals surface area contributed by atoms with E-state index in [1.165, 1.54) is 0 Å². The number of hydrogen-bond donors (Lipinski definition) is 1. The van der Waals surface area contributed by atoms with Crippen molar-refractivity contribution in [3.8, 4) is 0 Å². The first kappa shape index (κ1) is 13.7. The summed E-state index contributed by atoms with van der Waals surface area (Å²) in [6.07, 6.45) is 0.685. The van der Waals surface area contributed by atoms with Gasteiger partial charge in [0.15, 0.2) is 0 Å². The third-order valence-electron chi connectivity index (χ3n) is 2.89. The van der Waals surface area contributed by atoms with Crippen LogP contribution in [0.15, 0.2) is 12.2 Å². The number of piperazine rings is 1. The molecule has 0 aromatic rings. The van der Waals surface area contributed by atoms with E-state index >= 15 is 0 Å². The van der Waals surface area contributed by atoms with Gasteiger partial charge in [0.25, 0.3) is 0 Å². The highest BCUT2D eigenvalue weighted by molar-refractivity contribution is 5.96. The molecule has 0 aliphatic carbocycles. The molecule has 1 saturated heterocycles. The molecule has 1 rings (SSSR count). The van der Waals surface area contributed by atoms with Gasteiger partial charge in [-0.1, -0.05) is 26.0 Å². The van der Waals surface area contributed by atoms with Crippen LogP contribution in [0.1, 0.15) is 34.1 Å². The molecular weight excluding hydrogens is 216 g/mol. The van der Waals surface area contributed by atoms with Gasteiger partial charge < -0.3 is 10.2 Å². The summed E-state index contributed by atoms with van der Waals surface area (Å²) in [6.45, 7) is 12.0. The Kier molecular flexibility index (Phi) is 4.32. The summed E-state index contributed by atoms with van der Waals surface area (Å²) in [7, 11) is 0. The van der Waals surface area contributed by atoms with Crippen molar-refractivity contribution in [1.82, 2.24) is 10.2 Å². The molecule has 0 aromatic heterocycles. The second-order valence-corrected chi connectivity index (χ2v) is 5.29. The third kappa shape index (κ3) is 3.32. The number of hydrogen-bond acceptors (Lipinski definition) is 2. The molecule has 1 fully saturated rings. The van der Waals surface area contributed by atoms with E-state index in [1.807, 2.05) is 20.8 Å². The van der Waals surface area contributed by atoms with Crippen molar-refractivity contribution in [2.75, 3.05) is 6.54 Å². The van der Waals surface area contributed by atoms with Crippen LogP contribution in [-0.2, 0) is 9.59 Å². The molecule has 4 heteroatoms. The highest BCUT2D eigenvalue weighted by atomic mass is 16.2. The Morgan fingerprint density at radius 3 is 2.53 bits per heavy atom. The summed E-state index contributed by atoms with van der Waals surface area (Å²) in [5.74, 6) is 0.314. The zero-order valence-corrected chi connectivity index (χ0v) is 11.1. The molecule has 2 amide bonds. The van der Waals surface area contributed by atoms with E-state index in [9.17, 15) is 9.59 Å². The van der Waals surface area contributed by atoms with Crippen LogP contribution in [0.5, 0.6) is 0 Å². The van der Waals surface area contributed by atoms with Crippen molar-refractivity contribution in [2.45, 2.75) is 46.2 Å². The number of carbonyl (C=O) groups excluding carboxylic acids is 2. The van der Waals surface area contributed by atoms with Crippen LogP contribution in [0.3, 0.4) is 0 Å². The standard InChI is InChI=1S/C13H22N2O2/c1-8(2)6-11-13(17)15(7-9(3)4)10(5)12(16)14-11/h8,10-11H,3,6-7H2,1-2,4-5H3,(H,14,16). The van der Waals surface area contributed by atoms with E-state index < -0.39 is 6.04 Å². The molecule has 2 unspecified atom stereocenters. The van der Waals surface area contributed by atoms with Crippen molar-refractivity contribution in [2.24, 2.45) is 5.92 Å². The first-order valence-electron chi connectivity index (χ1n) is 6.08. The van der Waals surface area contributed by atoms with Crippen molar-refractivity contribution in [3.05, 3.63) is 12.2 Å². The monoisotopic (exact) mass is 238 g/mol. The second-order valence-electron chi connectivity index (χ2n) is 5.29. The fraction of sp³-hybridized carbons (Fsp3) is 0.692. The Morgan fingerprint density at radius 2 is 2.06 bits per heavy atom. The van der Waals surface area contributed by atoms with Crippen LogP contribution >= 0.6 is 0 Å². The van der Waals surface area contributed by atoms with Crippen LogP contribution in [0.2, 0.25) is 0 Å². The fourth-order valence-electron chi connectivity index (χ4n) is 2.02. The van der Waals surface area contributed by atoms with Gasteiger partial charge in [0.1, 0.15) is 12.1 Å². The SMILES string of the molecule is C=C(C)CN1C(=O)C(CC(C)C)NC(=O)C1C. The summed E-state index contributed by atoms with van der Waals surface area (Å²) in [5, 5.41) is 2.79. The molecule has 0 bridgehead atoms. The number of nitrogens with zero attached hydrogens (tertiary/aromatic N) is 1. The highest BCUT2D eigenvalue weighted by Gasteiger charge is 2.37. The van der Waals surface area contributed by atoms with E-state index in [-0.39, 0.29) is 17.9 Å². The zero-order valence-electron chi connectivity index (χ0n) is 11.1. The summed E-state index contributed by atoms with van der Waals surface area (Å²) in [6, 6.07) is -0.777. The Labute approximate surface area is 103 Å². The average Bonchev–Trinajstić information content (AvgIpc) is 2.20. The Balaban J connectivity index is 2.83. The van der Waals surface area contributed by atoms with Crippen molar-refractivity contribution in [3.63, 3.8) is 0 Å². The minimum atomic E-state index is -0.400. The molecule has 1 heterocycles. The summed E-state index contributed by atoms with van der Waals surface area (Å²) in [4.78, 5) is 25.6. The van der Waals surface area contributed by atoms with Gasteiger partial charge in [-0.3, -0.25) is 9.59 Å². The van der Waals surface area contributed by atoms with Gasteiger partial charge in [0.2, 0.25) is 11.8 Å². The van der Waals surface area contributed by atoms with E-state index in [1.54, 1.807) is 11.8 Å². The first-order valence-corrected chi connectivity index (χ1v) is 6.08. The fourth-order valence-corrected chi connectivity index (χ4v) is 2.02. The minimum Gasteiger partial charge on any atom is -0.343 e. The molecule has 0 radical (unpaired) electrons. The molecule has 1 N–H and O–H groups in total. The Hall–Kier alpha value is -1.32. The van der Waals surface area contributed by atoms with Crippen LogP contribution < -0.4 is 5.32 Å². The van der Waals surface area contributed by atoms with Crippen LogP contribution in [-0.4, -0.2) is 35.3 Å². The normalized spacial score (nSPS) is 25.1. The van der Waals surface area contributed by atoms with Gasteiger partial charge in [0.05, 0.1) is 0 Å². The molecular formula is C13H22N2O2. The molecule has 4 nitrogen and oxygen atoms in total. The number of amides is 2. The lowest BCUT2D eigenvalue weighted by atomic mass is 9.98. The highest BCUT2D eigenvalue weighted by Crippen LogP contribution is 2.16. The molecule has 17 heavy (non-hydrogen) atoms. The number of nitrogens with one attached hydrogen (secondary N) is 1. The Bertz CT molecular complexity index is 336. The minimum absolute atomic E-state index is 0.00815. The maximum atomic E-state index is 12.2. The quantitative estimate of drug-likeness (QED) is 0.751. The Morgan fingerprint density at radius 1 is 1.47 bits per heavy atom. The van der Waals surface area contributed by atoms with Gasteiger partial charge in [-0.25, -0.2) is 0 Å². The first-order chi connectivity index (χ1) is 7.82. The lowest BCUT2D eigenvalue weighted by Gasteiger charge is -2.38. The van der Waals surface area contributed by atoms with E-state index in [4.69, 9.17) is 0 Å². The molecule has 0 spiro atoms. The number of rotatable bonds is 4. The van der Waals surface area contributed by atoms with Gasteiger partial charge in [-0.2, -0.15) is 0 Å². The molecule has 2 atom stereocenters. The topological polar surface area (TPSA) is 49.4 Å². The van der Waals surface area contributed by atoms with Crippen molar-refractivity contribution in [1.29, 1.82) is 0 Å². The third-order valence-corrected chi connectivity index (χ3v) is 2.89. The maximum Gasteiger partial charge on any atom is 0.246 e. The molecule has 1 aliphatic rings. The second kappa shape index (κ2) is 5.34. The van der Waals surface area contributed by atoms with Gasteiger partial charge in [-0.15, -0.1) is 0 Å². The molecule has 0 saturated carbocycles. The predicted octanol–water partition coefficient (Wildman–Crippen LogP) is 1.32. The largest absolute Gasteiger partial charge is 0.343 e.